The first-order chi connectivity index (χ1) is 20.3. The third kappa shape index (κ3) is 4.83. The normalized spacial score (nSPS) is 17.3. The fourth-order valence-electron chi connectivity index (χ4n) is 6.79. The molecule has 0 saturated heterocycles. The van der Waals surface area contributed by atoms with E-state index in [9.17, 15) is 0 Å². The average Bonchev–Trinajstić information content (AvgIpc) is 3.64. The highest BCUT2D eigenvalue weighted by Crippen LogP contribution is 2.53. The first-order valence-electron chi connectivity index (χ1n) is 15.4. The van der Waals surface area contributed by atoms with Crippen molar-refractivity contribution < 1.29 is 0 Å². The van der Waals surface area contributed by atoms with Crippen LogP contribution in [0.5, 0.6) is 0 Å². The van der Waals surface area contributed by atoms with E-state index in [1.54, 1.807) is 11.1 Å². The lowest BCUT2D eigenvalue weighted by molar-refractivity contribution is 0.717. The summed E-state index contributed by atoms with van der Waals surface area (Å²) in [5.41, 5.74) is 11.9. The minimum atomic E-state index is 0.469. The highest BCUT2D eigenvalue weighted by molar-refractivity contribution is 5.71. The van der Waals surface area contributed by atoms with Gasteiger partial charge in [0.05, 0.1) is 5.69 Å². The highest BCUT2D eigenvalue weighted by atomic mass is 15.0. The lowest BCUT2D eigenvalue weighted by atomic mass is 9.89. The quantitative estimate of drug-likeness (QED) is 0.211. The molecule has 2 heterocycles. The van der Waals surface area contributed by atoms with Crippen LogP contribution in [0.3, 0.4) is 0 Å². The van der Waals surface area contributed by atoms with Crippen LogP contribution >= 0.6 is 0 Å². The zero-order valence-corrected chi connectivity index (χ0v) is 25.2. The van der Waals surface area contributed by atoms with Crippen LogP contribution in [0.25, 0.3) is 45.4 Å². The minimum absolute atomic E-state index is 0.469. The summed E-state index contributed by atoms with van der Waals surface area (Å²) in [6.07, 6.45) is 5.93. The van der Waals surface area contributed by atoms with E-state index in [2.05, 4.69) is 107 Å². The average molecular weight is 551 g/mol. The summed E-state index contributed by atoms with van der Waals surface area (Å²) in [4.78, 5) is 19.9. The van der Waals surface area contributed by atoms with Gasteiger partial charge in [-0.25, -0.2) is 15.0 Å². The second kappa shape index (κ2) is 10.6. The van der Waals surface area contributed by atoms with Gasteiger partial charge in [-0.05, 0) is 89.8 Å². The van der Waals surface area contributed by atoms with Gasteiger partial charge < -0.3 is 0 Å². The molecule has 4 nitrogen and oxygen atoms in total. The Bertz CT molecular complexity index is 1700. The molecule has 0 spiro atoms. The molecule has 3 aromatic carbocycles. The van der Waals surface area contributed by atoms with Gasteiger partial charge in [0, 0.05) is 28.5 Å². The standard InChI is InChI=1S/C38H38N4/c1-22(2)25-6-10-27(11-7-25)36-40-37(28-12-8-26(9-13-28)23(3)4)42-38(41-36)32-18-24(5)35(39-21-32)31-16-17-33-29-14-15-30(19-29)34(33)20-31/h6-13,16-18,20-23,29-30H,14-15,19H2,1-5H3. The van der Waals surface area contributed by atoms with Gasteiger partial charge in [-0.2, -0.15) is 0 Å². The number of rotatable bonds is 6. The van der Waals surface area contributed by atoms with Crippen molar-refractivity contribution >= 4 is 0 Å². The fourth-order valence-corrected chi connectivity index (χ4v) is 6.79. The number of hydrogen-bond acceptors (Lipinski definition) is 4. The van der Waals surface area contributed by atoms with E-state index >= 15 is 0 Å². The van der Waals surface area contributed by atoms with Crippen molar-refractivity contribution in [3.8, 4) is 45.4 Å². The van der Waals surface area contributed by atoms with Crippen LogP contribution < -0.4 is 0 Å². The zero-order chi connectivity index (χ0) is 29.0. The molecular weight excluding hydrogens is 512 g/mol. The van der Waals surface area contributed by atoms with Crippen molar-refractivity contribution in [2.45, 2.75) is 77.6 Å². The third-order valence-corrected chi connectivity index (χ3v) is 9.32. The molecule has 2 atom stereocenters. The van der Waals surface area contributed by atoms with Crippen LogP contribution in [-0.4, -0.2) is 19.9 Å². The van der Waals surface area contributed by atoms with E-state index < -0.39 is 0 Å². The summed E-state index contributed by atoms with van der Waals surface area (Å²) in [5.74, 6) is 4.43. The smallest absolute Gasteiger partial charge is 0.165 e. The second-order valence-corrected chi connectivity index (χ2v) is 12.8. The minimum Gasteiger partial charge on any atom is -0.255 e. The van der Waals surface area contributed by atoms with Gasteiger partial charge in [-0.15, -0.1) is 0 Å². The third-order valence-electron chi connectivity index (χ3n) is 9.32. The Balaban J connectivity index is 1.29. The van der Waals surface area contributed by atoms with Crippen LogP contribution in [0.15, 0.2) is 79.0 Å². The Morgan fingerprint density at radius 3 is 1.60 bits per heavy atom. The molecule has 0 amide bonds. The Morgan fingerprint density at radius 1 is 0.571 bits per heavy atom. The fraction of sp³-hybridized carbons (Fsp3) is 0.316. The van der Waals surface area contributed by atoms with Crippen molar-refractivity contribution in [1.29, 1.82) is 0 Å². The van der Waals surface area contributed by atoms with E-state index in [1.807, 2.05) is 6.20 Å². The number of benzene rings is 3. The van der Waals surface area contributed by atoms with E-state index in [0.717, 1.165) is 39.8 Å². The number of hydrogen-bond donors (Lipinski definition) is 0. The maximum Gasteiger partial charge on any atom is 0.165 e. The molecule has 0 radical (unpaired) electrons. The number of aromatic nitrogens is 4. The molecule has 2 aromatic heterocycles. The number of aryl methyl sites for hydroxylation is 1. The molecule has 42 heavy (non-hydrogen) atoms. The van der Waals surface area contributed by atoms with Crippen molar-refractivity contribution in [1.82, 2.24) is 19.9 Å². The summed E-state index contributed by atoms with van der Waals surface area (Å²) in [7, 11) is 0. The molecule has 2 unspecified atom stereocenters. The molecule has 4 heteroatoms. The lowest BCUT2D eigenvalue weighted by Crippen LogP contribution is -2.02. The van der Waals surface area contributed by atoms with Crippen LogP contribution in [0, 0.1) is 6.92 Å². The molecule has 7 rings (SSSR count). The molecule has 2 bridgehead atoms. The van der Waals surface area contributed by atoms with Gasteiger partial charge in [0.1, 0.15) is 0 Å². The molecule has 210 valence electrons. The molecule has 2 aliphatic rings. The van der Waals surface area contributed by atoms with Crippen LogP contribution in [-0.2, 0) is 0 Å². The van der Waals surface area contributed by atoms with Gasteiger partial charge >= 0.3 is 0 Å². The summed E-state index contributed by atoms with van der Waals surface area (Å²) < 4.78 is 0. The zero-order valence-electron chi connectivity index (χ0n) is 25.2. The van der Waals surface area contributed by atoms with Crippen molar-refractivity contribution in [2.24, 2.45) is 0 Å². The molecule has 0 aliphatic heterocycles. The number of pyridine rings is 1. The molecule has 1 fully saturated rings. The van der Waals surface area contributed by atoms with Gasteiger partial charge in [-0.3, -0.25) is 4.98 Å². The predicted molar refractivity (Wildman–Crippen MR) is 172 cm³/mol. The van der Waals surface area contributed by atoms with Crippen molar-refractivity contribution in [3.05, 3.63) is 107 Å². The van der Waals surface area contributed by atoms with Gasteiger partial charge in [0.15, 0.2) is 17.5 Å². The summed E-state index contributed by atoms with van der Waals surface area (Å²) in [6.45, 7) is 11.0. The monoisotopic (exact) mass is 550 g/mol. The number of fused-ring (bicyclic) bond motifs is 5. The van der Waals surface area contributed by atoms with Gasteiger partial charge in [0.25, 0.3) is 0 Å². The van der Waals surface area contributed by atoms with E-state index in [0.29, 0.717) is 29.3 Å². The summed E-state index contributed by atoms with van der Waals surface area (Å²) in [6, 6.07) is 26.3. The van der Waals surface area contributed by atoms with E-state index in [4.69, 9.17) is 19.9 Å². The molecular formula is C38H38N4. The maximum atomic E-state index is 4.98. The Kier molecular flexibility index (Phi) is 6.73. The Hall–Kier alpha value is -4.18. The van der Waals surface area contributed by atoms with Crippen LogP contribution in [0.4, 0.5) is 0 Å². The van der Waals surface area contributed by atoms with E-state index in [-0.39, 0.29) is 0 Å². The number of nitrogens with zero attached hydrogens (tertiary/aromatic N) is 4. The molecule has 1 saturated carbocycles. The largest absolute Gasteiger partial charge is 0.255 e. The van der Waals surface area contributed by atoms with Crippen LogP contribution in [0.1, 0.15) is 98.4 Å². The van der Waals surface area contributed by atoms with Gasteiger partial charge in [0.2, 0.25) is 0 Å². The summed E-state index contributed by atoms with van der Waals surface area (Å²) in [5, 5.41) is 0. The maximum absolute atomic E-state index is 4.98. The summed E-state index contributed by atoms with van der Waals surface area (Å²) >= 11 is 0. The SMILES string of the molecule is Cc1cc(-c2nc(-c3ccc(C(C)C)cc3)nc(-c3ccc(C(C)C)cc3)n2)cnc1-c1ccc2c(c1)C1CCC2C1. The highest BCUT2D eigenvalue weighted by Gasteiger charge is 2.36. The Labute approximate surface area is 249 Å². The van der Waals surface area contributed by atoms with Crippen molar-refractivity contribution in [2.75, 3.05) is 0 Å². The van der Waals surface area contributed by atoms with Crippen LogP contribution in [0.2, 0.25) is 0 Å². The molecule has 2 aliphatic carbocycles. The van der Waals surface area contributed by atoms with Gasteiger partial charge in [-0.1, -0.05) is 88.4 Å². The van der Waals surface area contributed by atoms with Crippen molar-refractivity contribution in [3.63, 3.8) is 0 Å². The molecule has 5 aromatic rings. The topological polar surface area (TPSA) is 51.6 Å². The predicted octanol–water partition coefficient (Wildman–Crippen LogP) is 9.85. The second-order valence-electron chi connectivity index (χ2n) is 12.8. The molecule has 0 N–H and O–H groups in total. The van der Waals surface area contributed by atoms with E-state index in [1.165, 1.54) is 36.0 Å². The first-order valence-corrected chi connectivity index (χ1v) is 15.4. The first kappa shape index (κ1) is 26.7. The Morgan fingerprint density at radius 2 is 1.07 bits per heavy atom. The lowest BCUT2D eigenvalue weighted by Gasteiger charge is -2.17.